The van der Waals surface area contributed by atoms with Crippen LogP contribution in [-0.4, -0.2) is 108 Å². The maximum absolute atomic E-state index is 11.0. The molecule has 4 rings (SSSR count). The molecule has 4 aliphatic rings. The Labute approximate surface area is 190 Å². The summed E-state index contributed by atoms with van der Waals surface area (Å²) in [6.45, 7) is 20.3. The summed E-state index contributed by atoms with van der Waals surface area (Å²) >= 11 is 0. The van der Waals surface area contributed by atoms with Gasteiger partial charge < -0.3 is 28.7 Å². The van der Waals surface area contributed by atoms with Gasteiger partial charge >= 0.3 is 0 Å². The summed E-state index contributed by atoms with van der Waals surface area (Å²) in [5.41, 5.74) is 0. The summed E-state index contributed by atoms with van der Waals surface area (Å²) in [7, 11) is 0. The molecule has 5 unspecified atom stereocenters. The number of fused-ring (bicyclic) bond motifs is 3. The second-order valence-electron chi connectivity index (χ2n) is 11.3. The highest BCUT2D eigenvalue weighted by atomic mass is 16.5. The molecule has 1 saturated carbocycles. The first-order chi connectivity index (χ1) is 14.7. The molecule has 182 valence electrons. The van der Waals surface area contributed by atoms with E-state index < -0.39 is 12.2 Å². The van der Waals surface area contributed by atoms with Crippen LogP contribution in [0, 0.1) is 5.92 Å². The quantitative estimate of drug-likeness (QED) is 0.381. The number of aliphatic hydroxyl groups is 2. The Bertz CT molecular complexity index is 531. The minimum atomic E-state index is -0.883. The van der Waals surface area contributed by atoms with Crippen molar-refractivity contribution < 1.29 is 28.7 Å². The normalized spacial score (nSPS) is 40.7. The molecule has 1 aliphatic carbocycles. The van der Waals surface area contributed by atoms with Crippen molar-refractivity contribution in [2.24, 2.45) is 5.92 Å². The van der Waals surface area contributed by atoms with Crippen molar-refractivity contribution in [2.75, 3.05) is 52.4 Å². The van der Waals surface area contributed by atoms with E-state index in [0.29, 0.717) is 0 Å². The number of ether oxygens (including phenoxy) is 2. The molecule has 5 atom stereocenters. The highest BCUT2D eigenvalue weighted by Gasteiger charge is 2.53. The van der Waals surface area contributed by atoms with E-state index in [4.69, 9.17) is 9.47 Å². The summed E-state index contributed by atoms with van der Waals surface area (Å²) in [5.74, 6) is 0.215. The summed E-state index contributed by atoms with van der Waals surface area (Å²) < 4.78 is 14.7. The lowest BCUT2D eigenvalue weighted by molar-refractivity contribution is -1.08. The van der Waals surface area contributed by atoms with Gasteiger partial charge in [-0.25, -0.2) is 0 Å². The van der Waals surface area contributed by atoms with E-state index in [9.17, 15) is 10.2 Å². The van der Waals surface area contributed by atoms with E-state index in [0.717, 1.165) is 17.4 Å². The van der Waals surface area contributed by atoms with Crippen molar-refractivity contribution in [3.8, 4) is 0 Å². The van der Waals surface area contributed by atoms with Crippen LogP contribution >= 0.6 is 0 Å². The molecule has 0 aromatic heterocycles. The largest absolute Gasteiger partial charge is 0.388 e. The Morgan fingerprint density at radius 3 is 1.90 bits per heavy atom. The Hall–Kier alpha value is -0.240. The smallest absolute Gasteiger partial charge is 0.129 e. The fraction of sp³-hybridized carbons (Fsp3) is 1.00. The molecule has 0 aromatic rings. The van der Waals surface area contributed by atoms with Crippen LogP contribution in [0.25, 0.3) is 0 Å². The number of unbranched alkanes of at least 4 members (excludes halogenated alkanes) is 3. The van der Waals surface area contributed by atoms with Gasteiger partial charge in [0.1, 0.15) is 51.5 Å². The Morgan fingerprint density at radius 2 is 1.35 bits per heavy atom. The molecule has 0 aromatic carbocycles. The third-order valence-corrected chi connectivity index (χ3v) is 8.20. The molecule has 0 radical (unpaired) electrons. The van der Waals surface area contributed by atoms with E-state index in [1.807, 2.05) is 27.7 Å². The molecule has 3 aliphatic heterocycles. The van der Waals surface area contributed by atoms with Crippen molar-refractivity contribution in [3.05, 3.63) is 0 Å². The number of nitrogens with zero attached hydrogens (tertiary/aromatic N) is 2. The fourth-order valence-electron chi connectivity index (χ4n) is 6.36. The Kier molecular flexibility index (Phi) is 8.84. The van der Waals surface area contributed by atoms with E-state index >= 15 is 0 Å². The zero-order valence-electron chi connectivity index (χ0n) is 20.8. The molecule has 0 amide bonds. The molecular formula is C25H50N2O4+2. The average molecular weight is 443 g/mol. The van der Waals surface area contributed by atoms with Crippen LogP contribution in [0.4, 0.5) is 0 Å². The minimum Gasteiger partial charge on any atom is -0.388 e. The topological polar surface area (TPSA) is 58.9 Å². The maximum atomic E-state index is 11.0. The molecule has 4 fully saturated rings. The molecule has 0 spiro atoms. The molecule has 3 heterocycles. The first kappa shape index (κ1) is 25.4. The van der Waals surface area contributed by atoms with Crippen LogP contribution in [-0.2, 0) is 9.47 Å². The van der Waals surface area contributed by atoms with Gasteiger partial charge in [-0.3, -0.25) is 0 Å². The number of rotatable bonds is 11. The van der Waals surface area contributed by atoms with Crippen LogP contribution < -0.4 is 0 Å². The van der Waals surface area contributed by atoms with Gasteiger partial charge in [0.25, 0.3) is 0 Å². The molecule has 31 heavy (non-hydrogen) atoms. The number of quaternary nitrogens is 2. The van der Waals surface area contributed by atoms with Gasteiger partial charge in [0.2, 0.25) is 0 Å². The highest BCUT2D eigenvalue weighted by molar-refractivity contribution is 4.95. The zero-order chi connectivity index (χ0) is 22.6. The van der Waals surface area contributed by atoms with Crippen LogP contribution in [0.5, 0.6) is 0 Å². The lowest BCUT2D eigenvalue weighted by Crippen LogP contribution is -2.76. The van der Waals surface area contributed by atoms with Gasteiger partial charge in [-0.05, 0) is 47.0 Å². The number of hydrogen-bond donors (Lipinski definition) is 2. The van der Waals surface area contributed by atoms with Gasteiger partial charge in [-0.2, -0.15) is 0 Å². The van der Waals surface area contributed by atoms with Crippen LogP contribution in [0.2, 0.25) is 0 Å². The highest BCUT2D eigenvalue weighted by Crippen LogP contribution is 2.36. The number of piperazine rings is 3. The van der Waals surface area contributed by atoms with Gasteiger partial charge in [0.05, 0.1) is 37.5 Å². The van der Waals surface area contributed by atoms with E-state index in [2.05, 4.69) is 6.92 Å². The Balaban J connectivity index is 1.65. The molecular weight excluding hydrogens is 392 g/mol. The van der Waals surface area contributed by atoms with E-state index in [-0.39, 0.29) is 30.3 Å². The van der Waals surface area contributed by atoms with E-state index in [1.54, 1.807) is 0 Å². The predicted molar refractivity (Wildman–Crippen MR) is 124 cm³/mol. The third-order valence-electron chi connectivity index (χ3n) is 8.20. The van der Waals surface area contributed by atoms with Gasteiger partial charge in [0.15, 0.2) is 0 Å². The van der Waals surface area contributed by atoms with E-state index in [1.165, 1.54) is 76.0 Å². The molecule has 2 bridgehead atoms. The Morgan fingerprint density at radius 1 is 0.774 bits per heavy atom. The van der Waals surface area contributed by atoms with Gasteiger partial charge in [-0.15, -0.1) is 0 Å². The monoisotopic (exact) mass is 442 g/mol. The standard InChI is InChI=1S/C25H50N2O4/c1-6-7-8-9-10-26-11-14-27(15-12-26,16-13-26)18-21-17-22(30-19(2)3)23(28)24(29)25(21)31-20(4)5/h19-25,28-29H,6-18H2,1-5H3/q+2. The summed E-state index contributed by atoms with van der Waals surface area (Å²) in [6, 6.07) is 0. The molecule has 6 heteroatoms. The summed E-state index contributed by atoms with van der Waals surface area (Å²) in [6.07, 6.45) is 3.89. The number of aliphatic hydroxyl groups excluding tert-OH is 2. The van der Waals surface area contributed by atoms with Crippen LogP contribution in [0.3, 0.4) is 0 Å². The predicted octanol–water partition coefficient (Wildman–Crippen LogP) is 2.56. The maximum Gasteiger partial charge on any atom is 0.129 e. The number of hydrogen-bond acceptors (Lipinski definition) is 4. The SMILES string of the molecule is CCCCCC[N+]12CC[N+](CC3CC(OC(C)C)C(O)C(O)C3OC(C)C)(CC1)CC2. The average Bonchev–Trinajstić information content (AvgIpc) is 2.73. The molecule has 2 N–H and O–H groups in total. The second-order valence-corrected chi connectivity index (χ2v) is 11.3. The summed E-state index contributed by atoms with van der Waals surface area (Å²) in [4.78, 5) is 0. The van der Waals surface area contributed by atoms with Crippen molar-refractivity contribution >= 4 is 0 Å². The first-order valence-corrected chi connectivity index (χ1v) is 13.1. The third kappa shape index (κ3) is 6.21. The lowest BCUT2D eigenvalue weighted by Gasteiger charge is -2.57. The van der Waals surface area contributed by atoms with Crippen molar-refractivity contribution in [1.82, 2.24) is 0 Å². The lowest BCUT2D eigenvalue weighted by atomic mass is 9.79. The first-order valence-electron chi connectivity index (χ1n) is 13.1. The minimum absolute atomic E-state index is 0.0343. The fourth-order valence-corrected chi connectivity index (χ4v) is 6.36. The van der Waals surface area contributed by atoms with Crippen molar-refractivity contribution in [1.29, 1.82) is 0 Å². The second kappa shape index (κ2) is 10.8. The van der Waals surface area contributed by atoms with Crippen LogP contribution in [0.1, 0.15) is 66.7 Å². The zero-order valence-corrected chi connectivity index (χ0v) is 20.8. The van der Waals surface area contributed by atoms with Crippen molar-refractivity contribution in [3.63, 3.8) is 0 Å². The van der Waals surface area contributed by atoms with Crippen LogP contribution in [0.15, 0.2) is 0 Å². The van der Waals surface area contributed by atoms with Crippen molar-refractivity contribution in [2.45, 2.75) is 103 Å². The summed E-state index contributed by atoms with van der Waals surface area (Å²) in [5, 5.41) is 21.7. The molecule has 6 nitrogen and oxygen atoms in total. The van der Waals surface area contributed by atoms with Gasteiger partial charge in [0, 0.05) is 5.92 Å². The molecule has 3 saturated heterocycles. The van der Waals surface area contributed by atoms with Gasteiger partial charge in [-0.1, -0.05) is 19.8 Å².